The summed E-state index contributed by atoms with van der Waals surface area (Å²) in [6, 6.07) is 0.642. The van der Waals surface area contributed by atoms with Crippen molar-refractivity contribution < 1.29 is 5.11 Å². The maximum absolute atomic E-state index is 9.01. The Bertz CT molecular complexity index is 102. The molecule has 0 aliphatic carbocycles. The molecule has 1 aliphatic rings. The molecule has 1 heterocycles. The van der Waals surface area contributed by atoms with Gasteiger partial charge in [0.25, 0.3) is 0 Å². The van der Waals surface area contributed by atoms with Crippen molar-refractivity contribution in [3.05, 3.63) is 0 Å². The van der Waals surface area contributed by atoms with E-state index < -0.39 is 0 Å². The second-order valence-electron chi connectivity index (χ2n) is 3.17. The normalized spacial score (nSPS) is 28.4. The van der Waals surface area contributed by atoms with Crippen molar-refractivity contribution in [1.29, 1.82) is 0 Å². The molecule has 11 heavy (non-hydrogen) atoms. The molecule has 0 radical (unpaired) electrons. The molecule has 2 nitrogen and oxygen atoms in total. The van der Waals surface area contributed by atoms with Crippen molar-refractivity contribution in [2.45, 2.75) is 31.9 Å². The van der Waals surface area contributed by atoms with E-state index in [0.29, 0.717) is 6.04 Å². The Hall–Kier alpha value is 0.270. The number of nitrogens with one attached hydrogen (secondary N) is 1. The number of thioether (sulfide) groups is 1. The molecular formula is C8H17NOS. The summed E-state index contributed by atoms with van der Waals surface area (Å²) in [4.78, 5) is 0. The summed E-state index contributed by atoms with van der Waals surface area (Å²) in [5, 5.41) is 12.4. The molecule has 0 aromatic carbocycles. The van der Waals surface area contributed by atoms with E-state index in [4.69, 9.17) is 5.11 Å². The Labute approximate surface area is 72.8 Å². The number of aliphatic hydroxyl groups is 1. The van der Waals surface area contributed by atoms with Gasteiger partial charge in [-0.1, -0.05) is 0 Å². The number of rotatable bonds is 3. The Morgan fingerprint density at radius 1 is 1.73 bits per heavy atom. The Kier molecular flexibility index (Phi) is 4.26. The maximum Gasteiger partial charge on any atom is 0.0636 e. The molecular weight excluding hydrogens is 158 g/mol. The average Bonchev–Trinajstić information content (AvgIpc) is 2.03. The van der Waals surface area contributed by atoms with Crippen molar-refractivity contribution in [2.75, 3.05) is 18.1 Å². The number of hydrogen-bond donors (Lipinski definition) is 2. The summed E-state index contributed by atoms with van der Waals surface area (Å²) >= 11 is 2.01. The minimum atomic E-state index is -0.207. The molecule has 0 aromatic heterocycles. The van der Waals surface area contributed by atoms with E-state index in [1.54, 1.807) is 0 Å². The van der Waals surface area contributed by atoms with Crippen LogP contribution in [-0.4, -0.2) is 35.3 Å². The summed E-state index contributed by atoms with van der Waals surface area (Å²) in [6.07, 6.45) is 2.39. The van der Waals surface area contributed by atoms with Gasteiger partial charge in [-0.3, -0.25) is 0 Å². The second-order valence-corrected chi connectivity index (χ2v) is 4.32. The third-order valence-corrected chi connectivity index (χ3v) is 3.08. The van der Waals surface area contributed by atoms with Crippen LogP contribution in [0.3, 0.4) is 0 Å². The third kappa shape index (κ3) is 3.99. The van der Waals surface area contributed by atoms with E-state index in [1.807, 2.05) is 18.7 Å². The van der Waals surface area contributed by atoms with Crippen LogP contribution in [0.2, 0.25) is 0 Å². The van der Waals surface area contributed by atoms with Crippen molar-refractivity contribution in [3.63, 3.8) is 0 Å². The van der Waals surface area contributed by atoms with Crippen LogP contribution in [0.1, 0.15) is 19.8 Å². The molecule has 66 valence electrons. The topological polar surface area (TPSA) is 32.3 Å². The number of hydrogen-bond acceptors (Lipinski definition) is 3. The molecule has 0 amide bonds. The van der Waals surface area contributed by atoms with Crippen LogP contribution in [0.5, 0.6) is 0 Å². The van der Waals surface area contributed by atoms with Crippen molar-refractivity contribution in [3.8, 4) is 0 Å². The summed E-state index contributed by atoms with van der Waals surface area (Å²) < 4.78 is 0. The van der Waals surface area contributed by atoms with E-state index in [2.05, 4.69) is 5.32 Å². The van der Waals surface area contributed by atoms with E-state index in [-0.39, 0.29) is 6.10 Å². The van der Waals surface area contributed by atoms with Crippen LogP contribution in [0.15, 0.2) is 0 Å². The standard InChI is InChI=1S/C8H17NOS/c1-7(10)5-9-8-3-2-4-11-6-8/h7-10H,2-6H2,1H3/t7-,8+/m1/s1. The van der Waals surface area contributed by atoms with Crippen LogP contribution in [0.4, 0.5) is 0 Å². The molecule has 0 spiro atoms. The van der Waals surface area contributed by atoms with Gasteiger partial charge in [0.1, 0.15) is 0 Å². The second kappa shape index (κ2) is 5.01. The summed E-state index contributed by atoms with van der Waals surface area (Å²) in [5.41, 5.74) is 0. The third-order valence-electron chi connectivity index (χ3n) is 1.86. The predicted molar refractivity (Wildman–Crippen MR) is 50.0 cm³/mol. The molecule has 0 saturated carbocycles. The summed E-state index contributed by atoms with van der Waals surface area (Å²) in [7, 11) is 0. The van der Waals surface area contributed by atoms with Crippen molar-refractivity contribution in [1.82, 2.24) is 5.32 Å². The van der Waals surface area contributed by atoms with Crippen LogP contribution >= 0.6 is 11.8 Å². The van der Waals surface area contributed by atoms with Crippen LogP contribution in [0, 0.1) is 0 Å². The lowest BCUT2D eigenvalue weighted by atomic mass is 10.2. The SMILES string of the molecule is C[C@@H](O)CN[C@H]1CCCSC1. The number of aliphatic hydroxyl groups excluding tert-OH is 1. The van der Waals surface area contributed by atoms with E-state index in [0.717, 1.165) is 6.54 Å². The quantitative estimate of drug-likeness (QED) is 0.667. The lowest BCUT2D eigenvalue weighted by Gasteiger charge is -2.23. The lowest BCUT2D eigenvalue weighted by molar-refractivity contribution is 0.186. The zero-order valence-electron chi connectivity index (χ0n) is 7.05. The van der Waals surface area contributed by atoms with Crippen LogP contribution < -0.4 is 5.32 Å². The van der Waals surface area contributed by atoms with Gasteiger partial charge in [0, 0.05) is 18.3 Å². The zero-order chi connectivity index (χ0) is 8.10. The summed E-state index contributed by atoms with van der Waals surface area (Å²) in [5.74, 6) is 2.53. The molecule has 2 N–H and O–H groups in total. The minimum absolute atomic E-state index is 0.207. The minimum Gasteiger partial charge on any atom is -0.392 e. The van der Waals surface area contributed by atoms with Gasteiger partial charge in [0.05, 0.1) is 6.10 Å². The van der Waals surface area contributed by atoms with E-state index >= 15 is 0 Å². The van der Waals surface area contributed by atoms with Gasteiger partial charge in [-0.15, -0.1) is 0 Å². The molecule has 2 atom stereocenters. The average molecular weight is 175 g/mol. The first-order valence-corrected chi connectivity index (χ1v) is 5.43. The van der Waals surface area contributed by atoms with Gasteiger partial charge in [-0.2, -0.15) is 11.8 Å². The first kappa shape index (κ1) is 9.36. The smallest absolute Gasteiger partial charge is 0.0636 e. The Morgan fingerprint density at radius 2 is 2.55 bits per heavy atom. The van der Waals surface area contributed by atoms with Gasteiger partial charge in [0.15, 0.2) is 0 Å². The fourth-order valence-corrected chi connectivity index (χ4v) is 2.35. The van der Waals surface area contributed by atoms with Gasteiger partial charge in [-0.05, 0) is 25.5 Å². The molecule has 0 aromatic rings. The highest BCUT2D eigenvalue weighted by molar-refractivity contribution is 7.99. The largest absolute Gasteiger partial charge is 0.392 e. The van der Waals surface area contributed by atoms with E-state index in [1.165, 1.54) is 24.3 Å². The fourth-order valence-electron chi connectivity index (χ4n) is 1.24. The van der Waals surface area contributed by atoms with Gasteiger partial charge in [-0.25, -0.2) is 0 Å². The lowest BCUT2D eigenvalue weighted by Crippen LogP contribution is -2.37. The van der Waals surface area contributed by atoms with Crippen LogP contribution in [0.25, 0.3) is 0 Å². The zero-order valence-corrected chi connectivity index (χ0v) is 7.86. The molecule has 1 fully saturated rings. The Morgan fingerprint density at radius 3 is 3.09 bits per heavy atom. The highest BCUT2D eigenvalue weighted by atomic mass is 32.2. The highest BCUT2D eigenvalue weighted by Crippen LogP contribution is 2.16. The van der Waals surface area contributed by atoms with Gasteiger partial charge in [0.2, 0.25) is 0 Å². The van der Waals surface area contributed by atoms with Gasteiger partial charge < -0.3 is 10.4 Å². The van der Waals surface area contributed by atoms with Gasteiger partial charge >= 0.3 is 0 Å². The molecule has 1 aliphatic heterocycles. The molecule has 1 rings (SSSR count). The molecule has 3 heteroatoms. The monoisotopic (exact) mass is 175 g/mol. The summed E-state index contributed by atoms with van der Waals surface area (Å²) in [6.45, 7) is 2.56. The van der Waals surface area contributed by atoms with Crippen molar-refractivity contribution in [2.24, 2.45) is 0 Å². The molecule has 0 bridgehead atoms. The van der Waals surface area contributed by atoms with Crippen molar-refractivity contribution >= 4 is 11.8 Å². The first-order chi connectivity index (χ1) is 5.29. The predicted octanol–water partition coefficient (Wildman–Crippen LogP) is 0.852. The van der Waals surface area contributed by atoms with E-state index in [9.17, 15) is 0 Å². The molecule has 0 unspecified atom stereocenters. The molecule has 1 saturated heterocycles. The fraction of sp³-hybridized carbons (Fsp3) is 1.00. The highest BCUT2D eigenvalue weighted by Gasteiger charge is 2.12. The first-order valence-electron chi connectivity index (χ1n) is 4.28. The Balaban J connectivity index is 2.05. The maximum atomic E-state index is 9.01. The van der Waals surface area contributed by atoms with Crippen LogP contribution in [-0.2, 0) is 0 Å².